The number of amides is 1. The van der Waals surface area contributed by atoms with E-state index in [-0.39, 0.29) is 30.9 Å². The van der Waals surface area contributed by atoms with Gasteiger partial charge in [-0.2, -0.15) is 0 Å². The molecule has 150 valence electrons. The van der Waals surface area contributed by atoms with E-state index in [1.165, 1.54) is 6.07 Å². The first-order chi connectivity index (χ1) is 13.2. The number of hydrogen-bond acceptors (Lipinski definition) is 4. The topological polar surface area (TPSA) is 53.0 Å². The predicted molar refractivity (Wildman–Crippen MR) is 102 cm³/mol. The average molecular weight is 378 g/mol. The van der Waals surface area contributed by atoms with Crippen LogP contribution in [0.2, 0.25) is 0 Å². The third-order valence-corrected chi connectivity index (χ3v) is 5.66. The molecular weight excluding hydrogens is 347 g/mol. The van der Waals surface area contributed by atoms with Crippen molar-refractivity contribution in [2.45, 2.75) is 44.8 Å². The number of carbonyl (C=O) groups is 1. The van der Waals surface area contributed by atoms with E-state index in [9.17, 15) is 9.18 Å². The minimum absolute atomic E-state index is 0.0155. The number of likely N-dealkylation sites (tertiary alicyclic amines) is 1. The Morgan fingerprint density at radius 2 is 2.00 bits per heavy atom. The lowest BCUT2D eigenvalue weighted by molar-refractivity contribution is -0.134. The summed E-state index contributed by atoms with van der Waals surface area (Å²) in [6.07, 6.45) is 4.38. The van der Waals surface area contributed by atoms with Gasteiger partial charge in [0.15, 0.2) is 0 Å². The van der Waals surface area contributed by atoms with Crippen molar-refractivity contribution in [1.29, 1.82) is 0 Å². The van der Waals surface area contributed by atoms with Gasteiger partial charge in [0.05, 0.1) is 12.7 Å². The van der Waals surface area contributed by atoms with Crippen molar-refractivity contribution < 1.29 is 19.0 Å². The molecular formula is C21H31FN2O3. The second kappa shape index (κ2) is 10.2. The first kappa shape index (κ1) is 20.2. The summed E-state index contributed by atoms with van der Waals surface area (Å²) in [4.78, 5) is 16.6. The Morgan fingerprint density at radius 3 is 2.67 bits per heavy atom. The molecule has 0 bridgehead atoms. The maximum absolute atomic E-state index is 13.8. The van der Waals surface area contributed by atoms with Crippen molar-refractivity contribution in [2.75, 3.05) is 39.4 Å². The Bertz CT molecular complexity index is 599. The maximum atomic E-state index is 13.8. The van der Waals surface area contributed by atoms with Gasteiger partial charge >= 0.3 is 0 Å². The number of hydrogen-bond donors (Lipinski definition) is 1. The lowest BCUT2D eigenvalue weighted by atomic mass is 9.95. The largest absolute Gasteiger partial charge is 0.396 e. The predicted octanol–water partition coefficient (Wildman–Crippen LogP) is 2.43. The summed E-state index contributed by atoms with van der Waals surface area (Å²) < 4.78 is 19.5. The molecule has 27 heavy (non-hydrogen) atoms. The molecule has 0 unspecified atom stereocenters. The van der Waals surface area contributed by atoms with Crippen LogP contribution in [-0.4, -0.2) is 66.3 Å². The van der Waals surface area contributed by atoms with E-state index in [4.69, 9.17) is 9.84 Å². The van der Waals surface area contributed by atoms with Gasteiger partial charge in [0.25, 0.3) is 0 Å². The second-order valence-corrected chi connectivity index (χ2v) is 7.72. The van der Waals surface area contributed by atoms with Crippen LogP contribution in [0.1, 0.15) is 37.7 Å². The van der Waals surface area contributed by atoms with Gasteiger partial charge in [0, 0.05) is 38.2 Å². The summed E-state index contributed by atoms with van der Waals surface area (Å²) in [6.45, 7) is 4.51. The highest BCUT2D eigenvalue weighted by molar-refractivity contribution is 5.76. The van der Waals surface area contributed by atoms with Crippen LogP contribution in [0.3, 0.4) is 0 Å². The molecule has 5 nitrogen and oxygen atoms in total. The Kier molecular flexibility index (Phi) is 7.61. The van der Waals surface area contributed by atoms with Gasteiger partial charge in [-0.1, -0.05) is 18.2 Å². The highest BCUT2D eigenvalue weighted by atomic mass is 19.1. The zero-order chi connectivity index (χ0) is 19.1. The third kappa shape index (κ3) is 5.99. The highest BCUT2D eigenvalue weighted by Gasteiger charge is 2.27. The van der Waals surface area contributed by atoms with E-state index < -0.39 is 0 Å². The molecule has 2 saturated heterocycles. The normalized spacial score (nSPS) is 21.5. The van der Waals surface area contributed by atoms with Gasteiger partial charge in [0.1, 0.15) is 5.82 Å². The molecule has 0 spiro atoms. The van der Waals surface area contributed by atoms with E-state index in [2.05, 4.69) is 4.90 Å². The number of aliphatic hydroxyl groups is 1. The molecule has 0 aromatic heterocycles. The van der Waals surface area contributed by atoms with E-state index in [1.54, 1.807) is 6.07 Å². The van der Waals surface area contributed by atoms with Crippen molar-refractivity contribution >= 4 is 5.91 Å². The van der Waals surface area contributed by atoms with Crippen molar-refractivity contribution in [3.05, 3.63) is 35.6 Å². The maximum Gasteiger partial charge on any atom is 0.224 e. The van der Waals surface area contributed by atoms with Gasteiger partial charge in [-0.15, -0.1) is 0 Å². The average Bonchev–Trinajstić information content (AvgIpc) is 3.18. The molecule has 0 saturated carbocycles. The molecule has 6 heteroatoms. The molecule has 2 fully saturated rings. The zero-order valence-electron chi connectivity index (χ0n) is 16.0. The van der Waals surface area contributed by atoms with Crippen LogP contribution >= 0.6 is 0 Å². The Balaban J connectivity index is 1.49. The number of benzene rings is 1. The summed E-state index contributed by atoms with van der Waals surface area (Å²) in [5.41, 5.74) is 0.745. The minimum Gasteiger partial charge on any atom is -0.396 e. The number of aliphatic hydroxyl groups excluding tert-OH is 1. The Hall–Kier alpha value is -1.50. The van der Waals surface area contributed by atoms with Crippen molar-refractivity contribution in [3.8, 4) is 0 Å². The van der Waals surface area contributed by atoms with E-state index in [0.29, 0.717) is 19.0 Å². The first-order valence-corrected chi connectivity index (χ1v) is 10.1. The molecule has 2 heterocycles. The van der Waals surface area contributed by atoms with E-state index in [0.717, 1.165) is 57.5 Å². The molecule has 1 amide bonds. The standard InChI is InChI=1S/C21H31FN2O3/c22-20-6-2-1-4-18(20)15-23-10-7-17(8-11-23)14-24(21(26)9-12-25)16-19-5-3-13-27-19/h1-2,4,6,17,19,25H,3,5,7-16H2/t19-/m1/s1. The van der Waals surface area contributed by atoms with Crippen molar-refractivity contribution in [3.63, 3.8) is 0 Å². The first-order valence-electron chi connectivity index (χ1n) is 10.1. The zero-order valence-corrected chi connectivity index (χ0v) is 16.0. The van der Waals surface area contributed by atoms with Gasteiger partial charge in [0.2, 0.25) is 5.91 Å². The molecule has 3 rings (SSSR count). The van der Waals surface area contributed by atoms with Crippen molar-refractivity contribution in [2.24, 2.45) is 5.92 Å². The Labute approximate surface area is 161 Å². The fraction of sp³-hybridized carbons (Fsp3) is 0.667. The third-order valence-electron chi connectivity index (χ3n) is 5.66. The van der Waals surface area contributed by atoms with Crippen LogP contribution in [0.15, 0.2) is 24.3 Å². The SMILES string of the molecule is O=C(CCO)N(CC1CCN(Cc2ccccc2F)CC1)C[C@H]1CCCO1. The number of halogens is 1. The smallest absolute Gasteiger partial charge is 0.224 e. The molecule has 1 atom stereocenters. The molecule has 1 aromatic carbocycles. The Morgan fingerprint density at radius 1 is 1.22 bits per heavy atom. The molecule has 0 radical (unpaired) electrons. The van der Waals surface area contributed by atoms with E-state index in [1.807, 2.05) is 17.0 Å². The molecule has 0 aliphatic carbocycles. The second-order valence-electron chi connectivity index (χ2n) is 7.72. The van der Waals surface area contributed by atoms with Crippen molar-refractivity contribution in [1.82, 2.24) is 9.80 Å². The summed E-state index contributed by atoms with van der Waals surface area (Å²) >= 11 is 0. The quantitative estimate of drug-likeness (QED) is 0.755. The van der Waals surface area contributed by atoms with Gasteiger partial charge < -0.3 is 14.7 Å². The lowest BCUT2D eigenvalue weighted by Crippen LogP contribution is -2.43. The van der Waals surface area contributed by atoms with E-state index >= 15 is 0 Å². The number of nitrogens with zero attached hydrogens (tertiary/aromatic N) is 2. The number of carbonyl (C=O) groups excluding carboxylic acids is 1. The highest BCUT2D eigenvalue weighted by Crippen LogP contribution is 2.22. The summed E-state index contributed by atoms with van der Waals surface area (Å²) in [5.74, 6) is 0.324. The van der Waals surface area contributed by atoms with Crippen LogP contribution in [-0.2, 0) is 16.1 Å². The number of piperidine rings is 1. The molecule has 2 aliphatic heterocycles. The summed E-state index contributed by atoms with van der Waals surface area (Å²) in [5, 5.41) is 9.13. The van der Waals surface area contributed by atoms with Gasteiger partial charge in [-0.05, 0) is 50.8 Å². The lowest BCUT2D eigenvalue weighted by Gasteiger charge is -2.35. The van der Waals surface area contributed by atoms with Crippen LogP contribution in [0.4, 0.5) is 4.39 Å². The van der Waals surface area contributed by atoms with Crippen LogP contribution in [0, 0.1) is 11.7 Å². The number of rotatable bonds is 8. The monoisotopic (exact) mass is 378 g/mol. The molecule has 2 aliphatic rings. The van der Waals surface area contributed by atoms with Crippen LogP contribution < -0.4 is 0 Å². The summed E-state index contributed by atoms with van der Waals surface area (Å²) in [7, 11) is 0. The van der Waals surface area contributed by atoms with Gasteiger partial charge in [-0.25, -0.2) is 4.39 Å². The number of ether oxygens (including phenoxy) is 1. The fourth-order valence-electron chi connectivity index (χ4n) is 4.07. The minimum atomic E-state index is -0.142. The van der Waals surface area contributed by atoms with Crippen LogP contribution in [0.5, 0.6) is 0 Å². The van der Waals surface area contributed by atoms with Gasteiger partial charge in [-0.3, -0.25) is 9.69 Å². The summed E-state index contributed by atoms with van der Waals surface area (Å²) in [6, 6.07) is 6.95. The van der Waals surface area contributed by atoms with Crippen LogP contribution in [0.25, 0.3) is 0 Å². The molecule has 1 N–H and O–H groups in total. The molecule has 1 aromatic rings. The fourth-order valence-corrected chi connectivity index (χ4v) is 4.07.